The molecule has 0 aliphatic heterocycles. The van der Waals surface area contributed by atoms with Gasteiger partial charge in [-0.1, -0.05) is 0 Å². The van der Waals surface area contributed by atoms with Crippen molar-refractivity contribution in [2.24, 2.45) is 5.73 Å². The molecule has 0 radical (unpaired) electrons. The van der Waals surface area contributed by atoms with Gasteiger partial charge in [-0.3, -0.25) is 5.10 Å². The van der Waals surface area contributed by atoms with E-state index >= 15 is 0 Å². The molecule has 0 spiro atoms. The highest BCUT2D eigenvalue weighted by atomic mass is 15.2. The highest BCUT2D eigenvalue weighted by Crippen LogP contribution is 2.07. The predicted octanol–water partition coefficient (Wildman–Crippen LogP) is 0.0713. The van der Waals surface area contributed by atoms with E-state index in [-0.39, 0.29) is 0 Å². The third kappa shape index (κ3) is 2.16. The van der Waals surface area contributed by atoms with Gasteiger partial charge in [-0.2, -0.15) is 0 Å². The quantitative estimate of drug-likeness (QED) is 0.738. The van der Waals surface area contributed by atoms with Crippen LogP contribution < -0.4 is 5.73 Å². The zero-order valence-corrected chi connectivity index (χ0v) is 8.44. The molecule has 0 aliphatic rings. The molecule has 2 aromatic rings. The monoisotopic (exact) mass is 204 g/mol. The maximum Gasteiger partial charge on any atom is 0.218 e. The highest BCUT2D eigenvalue weighted by molar-refractivity contribution is 5.41. The van der Waals surface area contributed by atoms with Gasteiger partial charge in [0.25, 0.3) is 0 Å². The van der Waals surface area contributed by atoms with Crippen molar-refractivity contribution in [3.63, 3.8) is 0 Å². The lowest BCUT2D eigenvalue weighted by Gasteiger charge is -1.93. The molecule has 0 unspecified atom stereocenters. The fourth-order valence-electron chi connectivity index (χ4n) is 1.15. The molecule has 15 heavy (non-hydrogen) atoms. The number of aryl methyl sites for hydroxylation is 1. The predicted molar refractivity (Wildman–Crippen MR) is 54.9 cm³/mol. The number of nitrogens with zero attached hydrogens (tertiary/aromatic N) is 4. The summed E-state index contributed by atoms with van der Waals surface area (Å²) in [4.78, 5) is 12.5. The normalized spacial score (nSPS) is 10.5. The molecule has 0 fully saturated rings. The Bertz CT molecular complexity index is 432. The minimum absolute atomic E-state index is 0.512. The number of hydrogen-bond donors (Lipinski definition) is 2. The molecule has 0 aromatic carbocycles. The van der Waals surface area contributed by atoms with Gasteiger partial charge in [0.15, 0.2) is 5.82 Å². The number of aromatic nitrogens is 5. The Kier molecular flexibility index (Phi) is 2.68. The van der Waals surface area contributed by atoms with Crippen molar-refractivity contribution in [1.29, 1.82) is 0 Å². The van der Waals surface area contributed by atoms with Crippen LogP contribution in [0.25, 0.3) is 11.6 Å². The average molecular weight is 204 g/mol. The van der Waals surface area contributed by atoms with Crippen LogP contribution in [0, 0.1) is 6.92 Å². The first-order chi connectivity index (χ1) is 7.29. The summed E-state index contributed by atoms with van der Waals surface area (Å²) in [5, 5.41) is 6.82. The molecule has 2 heterocycles. The van der Waals surface area contributed by atoms with Gasteiger partial charge in [0, 0.05) is 18.8 Å². The molecule has 2 rings (SSSR count). The van der Waals surface area contributed by atoms with E-state index in [9.17, 15) is 0 Å². The van der Waals surface area contributed by atoms with E-state index in [4.69, 9.17) is 5.73 Å². The van der Waals surface area contributed by atoms with Crippen LogP contribution in [-0.4, -0.2) is 31.7 Å². The van der Waals surface area contributed by atoms with E-state index in [1.54, 1.807) is 12.4 Å². The number of nitrogens with two attached hydrogens (primary N) is 1. The number of rotatable bonds is 3. The molecular formula is C9H12N6. The molecular weight excluding hydrogens is 192 g/mol. The van der Waals surface area contributed by atoms with E-state index in [2.05, 4.69) is 25.1 Å². The minimum Gasteiger partial charge on any atom is -0.330 e. The molecule has 6 heteroatoms. The van der Waals surface area contributed by atoms with E-state index in [0.717, 1.165) is 11.4 Å². The van der Waals surface area contributed by atoms with Crippen LogP contribution in [0.15, 0.2) is 12.4 Å². The van der Waals surface area contributed by atoms with Crippen LogP contribution in [-0.2, 0) is 6.42 Å². The second-order valence-corrected chi connectivity index (χ2v) is 3.23. The van der Waals surface area contributed by atoms with Gasteiger partial charge in [0.2, 0.25) is 5.82 Å². The number of nitrogens with one attached hydrogen (secondary N) is 1. The summed E-state index contributed by atoms with van der Waals surface area (Å²) in [6.07, 6.45) is 4.15. The van der Waals surface area contributed by atoms with E-state index in [0.29, 0.717) is 24.6 Å². The van der Waals surface area contributed by atoms with Crippen molar-refractivity contribution in [3.05, 3.63) is 23.8 Å². The fraction of sp³-hybridized carbons (Fsp3) is 0.333. The van der Waals surface area contributed by atoms with Gasteiger partial charge >= 0.3 is 0 Å². The van der Waals surface area contributed by atoms with Gasteiger partial charge in [-0.25, -0.2) is 15.0 Å². The molecule has 0 amide bonds. The minimum atomic E-state index is 0.512. The molecule has 2 aromatic heterocycles. The topological polar surface area (TPSA) is 93.4 Å². The van der Waals surface area contributed by atoms with Gasteiger partial charge in [0.05, 0.1) is 0 Å². The highest BCUT2D eigenvalue weighted by Gasteiger charge is 2.07. The number of aromatic amines is 1. The lowest BCUT2D eigenvalue weighted by Crippen LogP contribution is -2.03. The van der Waals surface area contributed by atoms with Crippen molar-refractivity contribution in [2.45, 2.75) is 13.3 Å². The van der Waals surface area contributed by atoms with Crippen LogP contribution in [0.3, 0.4) is 0 Å². The lowest BCUT2D eigenvalue weighted by molar-refractivity contribution is 0.874. The SMILES string of the molecule is Cc1cnc(-c2n[nH]c(CCN)n2)nc1. The first-order valence-corrected chi connectivity index (χ1v) is 4.70. The summed E-state index contributed by atoms with van der Waals surface area (Å²) in [6.45, 7) is 2.48. The average Bonchev–Trinajstić information content (AvgIpc) is 2.68. The largest absolute Gasteiger partial charge is 0.330 e. The van der Waals surface area contributed by atoms with Crippen molar-refractivity contribution >= 4 is 0 Å². The van der Waals surface area contributed by atoms with Crippen LogP contribution >= 0.6 is 0 Å². The van der Waals surface area contributed by atoms with Crippen molar-refractivity contribution in [3.8, 4) is 11.6 Å². The van der Waals surface area contributed by atoms with Crippen LogP contribution in [0.2, 0.25) is 0 Å². The molecule has 3 N–H and O–H groups in total. The zero-order valence-electron chi connectivity index (χ0n) is 8.44. The summed E-state index contributed by atoms with van der Waals surface area (Å²) in [6, 6.07) is 0. The summed E-state index contributed by atoms with van der Waals surface area (Å²) in [5.74, 6) is 1.80. The maximum absolute atomic E-state index is 5.41. The molecule has 0 atom stereocenters. The molecule has 0 saturated heterocycles. The van der Waals surface area contributed by atoms with Crippen LogP contribution in [0.5, 0.6) is 0 Å². The third-order valence-electron chi connectivity index (χ3n) is 1.89. The standard InChI is InChI=1S/C9H12N6/c1-6-4-11-8(12-5-6)9-13-7(2-3-10)14-15-9/h4-5H,2-3,10H2,1H3,(H,13,14,15). The maximum atomic E-state index is 5.41. The Hall–Kier alpha value is -1.82. The van der Waals surface area contributed by atoms with Crippen molar-refractivity contribution in [2.75, 3.05) is 6.54 Å². The van der Waals surface area contributed by atoms with Crippen LogP contribution in [0.4, 0.5) is 0 Å². The summed E-state index contributed by atoms with van der Waals surface area (Å²) in [7, 11) is 0. The fourth-order valence-corrected chi connectivity index (χ4v) is 1.15. The number of H-pyrrole nitrogens is 1. The van der Waals surface area contributed by atoms with Gasteiger partial charge in [0.1, 0.15) is 5.82 Å². The Morgan fingerprint density at radius 1 is 1.27 bits per heavy atom. The molecule has 0 saturated carbocycles. The second-order valence-electron chi connectivity index (χ2n) is 3.23. The lowest BCUT2D eigenvalue weighted by atomic mass is 10.4. The molecule has 0 aliphatic carbocycles. The zero-order chi connectivity index (χ0) is 10.7. The van der Waals surface area contributed by atoms with Crippen molar-refractivity contribution < 1.29 is 0 Å². The van der Waals surface area contributed by atoms with Crippen LogP contribution in [0.1, 0.15) is 11.4 Å². The van der Waals surface area contributed by atoms with Gasteiger partial charge < -0.3 is 5.73 Å². The Balaban J connectivity index is 2.25. The Morgan fingerprint density at radius 3 is 2.67 bits per heavy atom. The second kappa shape index (κ2) is 4.14. The first kappa shape index (κ1) is 9.72. The number of hydrogen-bond acceptors (Lipinski definition) is 5. The summed E-state index contributed by atoms with van der Waals surface area (Å²) >= 11 is 0. The smallest absolute Gasteiger partial charge is 0.218 e. The van der Waals surface area contributed by atoms with E-state index < -0.39 is 0 Å². The van der Waals surface area contributed by atoms with Crippen molar-refractivity contribution in [1.82, 2.24) is 25.1 Å². The van der Waals surface area contributed by atoms with Gasteiger partial charge in [-0.15, -0.1) is 5.10 Å². The van der Waals surface area contributed by atoms with E-state index in [1.165, 1.54) is 0 Å². The summed E-state index contributed by atoms with van der Waals surface area (Å²) < 4.78 is 0. The third-order valence-corrected chi connectivity index (χ3v) is 1.89. The Morgan fingerprint density at radius 2 is 2.00 bits per heavy atom. The Labute approximate surface area is 87.0 Å². The van der Waals surface area contributed by atoms with E-state index in [1.807, 2.05) is 6.92 Å². The molecule has 6 nitrogen and oxygen atoms in total. The summed E-state index contributed by atoms with van der Waals surface area (Å²) in [5.41, 5.74) is 6.42. The molecule has 0 bridgehead atoms. The van der Waals surface area contributed by atoms with Gasteiger partial charge in [-0.05, 0) is 19.0 Å². The molecule has 78 valence electrons. The first-order valence-electron chi connectivity index (χ1n) is 4.70.